The Morgan fingerprint density at radius 1 is 1.11 bits per heavy atom. The standard InChI is InChI=1S/C19H26N2O6/c1-5-27-17(23)7-6-12-20-19(14(2)22,18(24)26-4)21-13-15-8-10-16(25-3)11-9-15/h6-11,20-21H,5,12-13H2,1-4H3/b7-6+/t19-/m1/s1. The van der Waals surface area contributed by atoms with Crippen LogP contribution in [0.25, 0.3) is 0 Å². The number of rotatable bonds is 11. The zero-order chi connectivity index (χ0) is 20.3. The minimum Gasteiger partial charge on any atom is -0.497 e. The van der Waals surface area contributed by atoms with Crippen LogP contribution in [0.1, 0.15) is 19.4 Å². The minimum atomic E-state index is -1.74. The van der Waals surface area contributed by atoms with Gasteiger partial charge in [0.25, 0.3) is 0 Å². The normalized spacial score (nSPS) is 13.0. The molecule has 0 spiro atoms. The van der Waals surface area contributed by atoms with Gasteiger partial charge < -0.3 is 14.2 Å². The van der Waals surface area contributed by atoms with E-state index in [0.29, 0.717) is 5.75 Å². The van der Waals surface area contributed by atoms with Crippen LogP contribution in [0.4, 0.5) is 0 Å². The van der Waals surface area contributed by atoms with Crippen LogP contribution in [0.2, 0.25) is 0 Å². The van der Waals surface area contributed by atoms with Gasteiger partial charge >= 0.3 is 11.9 Å². The number of methoxy groups -OCH3 is 2. The van der Waals surface area contributed by atoms with Gasteiger partial charge in [-0.3, -0.25) is 15.4 Å². The number of hydrogen-bond donors (Lipinski definition) is 2. The smallest absolute Gasteiger partial charge is 0.349 e. The number of carbonyl (C=O) groups excluding carboxylic acids is 3. The molecule has 0 saturated heterocycles. The number of nitrogens with one attached hydrogen (secondary N) is 2. The fraction of sp³-hybridized carbons (Fsp3) is 0.421. The van der Waals surface area contributed by atoms with E-state index in [1.165, 1.54) is 26.2 Å². The maximum atomic E-state index is 12.3. The quantitative estimate of drug-likeness (QED) is 0.254. The first-order chi connectivity index (χ1) is 12.9. The van der Waals surface area contributed by atoms with E-state index in [0.717, 1.165) is 5.56 Å². The second-order valence-corrected chi connectivity index (χ2v) is 5.53. The molecule has 0 aliphatic carbocycles. The number of benzene rings is 1. The van der Waals surface area contributed by atoms with E-state index in [1.807, 2.05) is 12.1 Å². The number of esters is 2. The Balaban J connectivity index is 2.88. The molecule has 1 rings (SSSR count). The predicted octanol–water partition coefficient (Wildman–Crippen LogP) is 0.952. The highest BCUT2D eigenvalue weighted by atomic mass is 16.5. The summed E-state index contributed by atoms with van der Waals surface area (Å²) in [6.07, 6.45) is 2.69. The molecule has 1 aromatic rings. The average Bonchev–Trinajstić information content (AvgIpc) is 2.67. The van der Waals surface area contributed by atoms with Crippen LogP contribution < -0.4 is 15.4 Å². The van der Waals surface area contributed by atoms with Crippen LogP contribution in [0.5, 0.6) is 5.75 Å². The molecular formula is C19H26N2O6. The highest BCUT2D eigenvalue weighted by Gasteiger charge is 2.43. The molecule has 0 heterocycles. The highest BCUT2D eigenvalue weighted by molar-refractivity contribution is 6.07. The minimum absolute atomic E-state index is 0.0725. The van der Waals surface area contributed by atoms with Gasteiger partial charge in [-0.05, 0) is 31.5 Å². The first-order valence-corrected chi connectivity index (χ1v) is 8.45. The number of Topliss-reactive ketones (excluding diaryl/α,β-unsaturated/α-hetero) is 1. The SMILES string of the molecule is CCOC(=O)/C=C/CN[C@@](NCc1ccc(OC)cc1)(C(C)=O)C(=O)OC. The van der Waals surface area contributed by atoms with Gasteiger partial charge in [-0.25, -0.2) is 9.59 Å². The van der Waals surface area contributed by atoms with Crippen molar-refractivity contribution in [3.63, 3.8) is 0 Å². The fourth-order valence-electron chi connectivity index (χ4n) is 2.29. The third-order valence-corrected chi connectivity index (χ3v) is 3.76. The Morgan fingerprint density at radius 3 is 2.30 bits per heavy atom. The van der Waals surface area contributed by atoms with Crippen molar-refractivity contribution in [3.8, 4) is 5.75 Å². The second kappa shape index (κ2) is 11.1. The van der Waals surface area contributed by atoms with Crippen LogP contribution in [0, 0.1) is 0 Å². The van der Waals surface area contributed by atoms with Crippen LogP contribution in [-0.4, -0.2) is 50.8 Å². The zero-order valence-corrected chi connectivity index (χ0v) is 16.0. The number of carbonyl (C=O) groups is 3. The van der Waals surface area contributed by atoms with Gasteiger partial charge in [0.2, 0.25) is 5.66 Å². The molecule has 8 heteroatoms. The van der Waals surface area contributed by atoms with Crippen molar-refractivity contribution in [2.24, 2.45) is 0 Å². The molecule has 27 heavy (non-hydrogen) atoms. The van der Waals surface area contributed by atoms with E-state index in [2.05, 4.69) is 10.6 Å². The molecule has 2 N–H and O–H groups in total. The van der Waals surface area contributed by atoms with E-state index >= 15 is 0 Å². The lowest BCUT2D eigenvalue weighted by molar-refractivity contribution is -0.154. The Kier molecular flexibility index (Phi) is 9.18. The summed E-state index contributed by atoms with van der Waals surface area (Å²) in [7, 11) is 2.77. The van der Waals surface area contributed by atoms with Crippen LogP contribution >= 0.6 is 0 Å². The third kappa shape index (κ3) is 6.50. The summed E-state index contributed by atoms with van der Waals surface area (Å²) in [5.41, 5.74) is -0.901. The van der Waals surface area contributed by atoms with Crippen molar-refractivity contribution < 1.29 is 28.6 Å². The summed E-state index contributed by atoms with van der Waals surface area (Å²) in [5, 5.41) is 5.74. The molecule has 0 aromatic heterocycles. The molecule has 0 aliphatic heterocycles. The van der Waals surface area contributed by atoms with Crippen molar-refractivity contribution in [2.45, 2.75) is 26.1 Å². The zero-order valence-electron chi connectivity index (χ0n) is 16.0. The third-order valence-electron chi connectivity index (χ3n) is 3.76. The Morgan fingerprint density at radius 2 is 1.78 bits per heavy atom. The van der Waals surface area contributed by atoms with Gasteiger partial charge in [-0.1, -0.05) is 18.2 Å². The van der Waals surface area contributed by atoms with E-state index in [4.69, 9.17) is 14.2 Å². The average molecular weight is 378 g/mol. The van der Waals surface area contributed by atoms with Gasteiger partial charge in [0.15, 0.2) is 5.78 Å². The molecular weight excluding hydrogens is 352 g/mol. The summed E-state index contributed by atoms with van der Waals surface area (Å²) >= 11 is 0. The first-order valence-electron chi connectivity index (χ1n) is 8.45. The number of ketones is 1. The molecule has 0 bridgehead atoms. The first kappa shape index (κ1) is 22.3. The lowest BCUT2D eigenvalue weighted by atomic mass is 10.0. The summed E-state index contributed by atoms with van der Waals surface area (Å²) in [6.45, 7) is 3.54. The van der Waals surface area contributed by atoms with E-state index in [1.54, 1.807) is 26.2 Å². The van der Waals surface area contributed by atoms with E-state index in [9.17, 15) is 14.4 Å². The molecule has 1 atom stereocenters. The summed E-state index contributed by atoms with van der Waals surface area (Å²) < 4.78 is 14.7. The fourth-order valence-corrected chi connectivity index (χ4v) is 2.29. The second-order valence-electron chi connectivity index (χ2n) is 5.53. The number of ether oxygens (including phenoxy) is 3. The summed E-state index contributed by atoms with van der Waals surface area (Å²) in [6, 6.07) is 7.18. The molecule has 0 radical (unpaired) electrons. The molecule has 0 unspecified atom stereocenters. The Hall–Kier alpha value is -2.71. The maximum Gasteiger partial charge on any atom is 0.349 e. The molecule has 1 aromatic carbocycles. The van der Waals surface area contributed by atoms with Crippen molar-refractivity contribution in [1.29, 1.82) is 0 Å². The van der Waals surface area contributed by atoms with E-state index < -0.39 is 23.4 Å². The summed E-state index contributed by atoms with van der Waals surface area (Å²) in [5.74, 6) is -1.04. The molecule has 8 nitrogen and oxygen atoms in total. The van der Waals surface area contributed by atoms with Crippen LogP contribution in [0.3, 0.4) is 0 Å². The molecule has 0 amide bonds. The highest BCUT2D eigenvalue weighted by Crippen LogP contribution is 2.13. The molecule has 0 fully saturated rings. The predicted molar refractivity (Wildman–Crippen MR) is 99.0 cm³/mol. The molecule has 148 valence electrons. The van der Waals surface area contributed by atoms with Gasteiger partial charge in [-0.15, -0.1) is 0 Å². The maximum absolute atomic E-state index is 12.3. The molecule has 0 aliphatic rings. The largest absolute Gasteiger partial charge is 0.497 e. The molecule has 0 saturated carbocycles. The van der Waals surface area contributed by atoms with E-state index in [-0.39, 0.29) is 19.7 Å². The Bertz CT molecular complexity index is 671. The van der Waals surface area contributed by atoms with Gasteiger partial charge in [0, 0.05) is 19.2 Å². The van der Waals surface area contributed by atoms with Gasteiger partial charge in [0.1, 0.15) is 5.75 Å². The van der Waals surface area contributed by atoms with Gasteiger partial charge in [-0.2, -0.15) is 0 Å². The van der Waals surface area contributed by atoms with Gasteiger partial charge in [0.05, 0.1) is 20.8 Å². The van der Waals surface area contributed by atoms with Crippen molar-refractivity contribution in [1.82, 2.24) is 10.6 Å². The van der Waals surface area contributed by atoms with Crippen molar-refractivity contribution in [3.05, 3.63) is 42.0 Å². The van der Waals surface area contributed by atoms with Crippen molar-refractivity contribution in [2.75, 3.05) is 27.4 Å². The van der Waals surface area contributed by atoms with Crippen LogP contribution in [0.15, 0.2) is 36.4 Å². The lowest BCUT2D eigenvalue weighted by Gasteiger charge is -2.30. The summed E-state index contributed by atoms with van der Waals surface area (Å²) in [4.78, 5) is 35.9. The lowest BCUT2D eigenvalue weighted by Crippen LogP contribution is -2.67. The van der Waals surface area contributed by atoms with Crippen LogP contribution in [-0.2, 0) is 30.4 Å². The monoisotopic (exact) mass is 378 g/mol. The topological polar surface area (TPSA) is 103 Å². The number of hydrogen-bond acceptors (Lipinski definition) is 8. The Labute approximate surface area is 158 Å². The van der Waals surface area contributed by atoms with Crippen molar-refractivity contribution >= 4 is 17.7 Å².